The van der Waals surface area contributed by atoms with Gasteiger partial charge in [0.1, 0.15) is 0 Å². The molecule has 78 valence electrons. The van der Waals surface area contributed by atoms with Crippen molar-refractivity contribution in [1.82, 2.24) is 4.90 Å². The summed E-state index contributed by atoms with van der Waals surface area (Å²) >= 11 is 0. The molecule has 0 radical (unpaired) electrons. The lowest BCUT2D eigenvalue weighted by molar-refractivity contribution is 0.114. The quantitative estimate of drug-likeness (QED) is 0.473. The molecule has 2 N–H and O–H groups in total. The van der Waals surface area contributed by atoms with Gasteiger partial charge in [-0.15, -0.1) is 0 Å². The second kappa shape index (κ2) is 5.58. The lowest BCUT2D eigenvalue weighted by Crippen LogP contribution is -2.34. The van der Waals surface area contributed by atoms with Crippen LogP contribution in [0.5, 0.6) is 0 Å². The average Bonchev–Trinajstić information content (AvgIpc) is 2.76. The Morgan fingerprint density at radius 1 is 1.62 bits per heavy atom. The maximum absolute atomic E-state index is 5.89. The van der Waals surface area contributed by atoms with Crippen LogP contribution in [0.2, 0.25) is 0 Å². The van der Waals surface area contributed by atoms with E-state index >= 15 is 0 Å². The summed E-state index contributed by atoms with van der Waals surface area (Å²) in [6.45, 7) is 8.17. The van der Waals surface area contributed by atoms with Crippen LogP contribution in [0, 0.1) is 0 Å². The largest absolute Gasteiger partial charge is 0.380 e. The topological polar surface area (TPSA) is 38.3 Å². The number of unbranched alkanes of at least 4 members (excludes halogenated alkanes) is 1. The molecule has 13 heavy (non-hydrogen) atoms. The molecule has 1 saturated heterocycles. The van der Waals surface area contributed by atoms with E-state index in [9.17, 15) is 0 Å². The zero-order valence-corrected chi connectivity index (χ0v) is 8.83. The molecule has 3 heteroatoms. The van der Waals surface area contributed by atoms with E-state index in [0.29, 0.717) is 6.61 Å². The molecular formula is C10H22N2O. The lowest BCUT2D eigenvalue weighted by Gasteiger charge is -2.12. The molecule has 0 aliphatic carbocycles. The molecule has 0 amide bonds. The van der Waals surface area contributed by atoms with Gasteiger partial charge in [-0.3, -0.25) is 4.90 Å². The van der Waals surface area contributed by atoms with Crippen molar-refractivity contribution in [2.24, 2.45) is 5.73 Å². The second-order valence-electron chi connectivity index (χ2n) is 3.99. The Labute approximate surface area is 81.2 Å². The van der Waals surface area contributed by atoms with Crippen molar-refractivity contribution in [2.45, 2.75) is 38.8 Å². The van der Waals surface area contributed by atoms with Gasteiger partial charge in [-0.25, -0.2) is 0 Å². The first-order valence-electron chi connectivity index (χ1n) is 5.31. The minimum atomic E-state index is 0.196. The number of hydrogen-bond donors (Lipinski definition) is 1. The molecule has 1 aliphatic rings. The van der Waals surface area contributed by atoms with Crippen LogP contribution in [0.4, 0.5) is 0 Å². The fraction of sp³-hybridized carbons (Fsp3) is 1.00. The molecule has 0 spiro atoms. The molecule has 0 aromatic carbocycles. The van der Waals surface area contributed by atoms with Gasteiger partial charge in [0.15, 0.2) is 0 Å². The second-order valence-corrected chi connectivity index (χ2v) is 3.99. The zero-order valence-electron chi connectivity index (χ0n) is 8.83. The molecule has 0 aromatic rings. The fourth-order valence-electron chi connectivity index (χ4n) is 1.38. The Kier molecular flexibility index (Phi) is 4.70. The Morgan fingerprint density at radius 2 is 2.31 bits per heavy atom. The van der Waals surface area contributed by atoms with Crippen LogP contribution in [0.3, 0.4) is 0 Å². The predicted octanol–water partition coefficient (Wildman–Crippen LogP) is 0.834. The average molecular weight is 186 g/mol. The zero-order chi connectivity index (χ0) is 9.68. The fourth-order valence-corrected chi connectivity index (χ4v) is 1.38. The van der Waals surface area contributed by atoms with Crippen molar-refractivity contribution in [3.8, 4) is 0 Å². The molecule has 1 heterocycles. The van der Waals surface area contributed by atoms with E-state index in [4.69, 9.17) is 10.5 Å². The molecule has 3 nitrogen and oxygen atoms in total. The normalized spacial score (nSPS) is 28.8. The van der Waals surface area contributed by atoms with Crippen LogP contribution in [-0.2, 0) is 4.74 Å². The minimum absolute atomic E-state index is 0.196. The Balaban J connectivity index is 1.89. The van der Waals surface area contributed by atoms with E-state index in [1.54, 1.807) is 0 Å². The van der Waals surface area contributed by atoms with E-state index in [1.807, 2.05) is 0 Å². The van der Waals surface area contributed by atoms with Gasteiger partial charge >= 0.3 is 0 Å². The van der Waals surface area contributed by atoms with Gasteiger partial charge < -0.3 is 10.5 Å². The third-order valence-electron chi connectivity index (χ3n) is 2.43. The van der Waals surface area contributed by atoms with Crippen molar-refractivity contribution >= 4 is 0 Å². The maximum atomic E-state index is 5.89. The smallest absolute Gasteiger partial charge is 0.0630 e. The third kappa shape index (κ3) is 4.60. The van der Waals surface area contributed by atoms with Crippen LogP contribution < -0.4 is 5.73 Å². The van der Waals surface area contributed by atoms with Crippen molar-refractivity contribution in [1.29, 1.82) is 0 Å². The minimum Gasteiger partial charge on any atom is -0.380 e. The van der Waals surface area contributed by atoms with Crippen molar-refractivity contribution in [3.05, 3.63) is 0 Å². The number of nitrogens with zero attached hydrogens (tertiary/aromatic N) is 1. The van der Waals surface area contributed by atoms with Gasteiger partial charge in [-0.05, 0) is 13.3 Å². The first-order valence-corrected chi connectivity index (χ1v) is 5.31. The van der Waals surface area contributed by atoms with Gasteiger partial charge in [-0.1, -0.05) is 13.3 Å². The number of ether oxygens (including phenoxy) is 1. The van der Waals surface area contributed by atoms with Crippen molar-refractivity contribution in [2.75, 3.05) is 26.3 Å². The summed E-state index contributed by atoms with van der Waals surface area (Å²) in [6, 6.07) is 0.948. The molecule has 0 aromatic heterocycles. The highest BCUT2D eigenvalue weighted by Gasteiger charge is 2.29. The highest BCUT2D eigenvalue weighted by atomic mass is 16.5. The summed E-state index contributed by atoms with van der Waals surface area (Å²) in [5.41, 5.74) is 5.89. The van der Waals surface area contributed by atoms with Gasteiger partial charge in [0.05, 0.1) is 6.61 Å². The SMILES string of the molecule is CCCCOCC(N)CN1CC1C. The molecule has 3 unspecified atom stereocenters. The summed E-state index contributed by atoms with van der Waals surface area (Å²) in [7, 11) is 0. The molecule has 1 aliphatic heterocycles. The monoisotopic (exact) mass is 186 g/mol. The Hall–Kier alpha value is -0.120. The van der Waals surface area contributed by atoms with E-state index in [2.05, 4.69) is 18.7 Å². The van der Waals surface area contributed by atoms with Crippen LogP contribution in [0.1, 0.15) is 26.7 Å². The summed E-state index contributed by atoms with van der Waals surface area (Å²) in [6.07, 6.45) is 2.34. The molecular weight excluding hydrogens is 164 g/mol. The van der Waals surface area contributed by atoms with Gasteiger partial charge in [0, 0.05) is 31.8 Å². The maximum Gasteiger partial charge on any atom is 0.0630 e. The summed E-state index contributed by atoms with van der Waals surface area (Å²) < 4.78 is 5.45. The predicted molar refractivity (Wildman–Crippen MR) is 54.7 cm³/mol. The first kappa shape index (κ1) is 11.0. The summed E-state index contributed by atoms with van der Waals surface area (Å²) in [5.74, 6) is 0. The van der Waals surface area contributed by atoms with Gasteiger partial charge in [0.2, 0.25) is 0 Å². The number of hydrogen-bond acceptors (Lipinski definition) is 3. The Bertz CT molecular complexity index is 141. The van der Waals surface area contributed by atoms with Crippen molar-refractivity contribution < 1.29 is 4.74 Å². The van der Waals surface area contributed by atoms with Crippen molar-refractivity contribution in [3.63, 3.8) is 0 Å². The van der Waals surface area contributed by atoms with E-state index in [-0.39, 0.29) is 6.04 Å². The van der Waals surface area contributed by atoms with E-state index in [1.165, 1.54) is 13.0 Å². The first-order chi connectivity index (χ1) is 6.24. The van der Waals surface area contributed by atoms with Crippen LogP contribution in [0.15, 0.2) is 0 Å². The van der Waals surface area contributed by atoms with Gasteiger partial charge in [0.25, 0.3) is 0 Å². The highest BCUT2D eigenvalue weighted by molar-refractivity contribution is 4.87. The molecule has 1 rings (SSSR count). The van der Waals surface area contributed by atoms with Crippen LogP contribution in [0.25, 0.3) is 0 Å². The third-order valence-corrected chi connectivity index (χ3v) is 2.43. The van der Waals surface area contributed by atoms with E-state index < -0.39 is 0 Å². The lowest BCUT2D eigenvalue weighted by atomic mass is 10.3. The summed E-state index contributed by atoms with van der Waals surface area (Å²) in [4.78, 5) is 2.37. The van der Waals surface area contributed by atoms with Crippen LogP contribution >= 0.6 is 0 Å². The Morgan fingerprint density at radius 3 is 2.85 bits per heavy atom. The highest BCUT2D eigenvalue weighted by Crippen LogP contribution is 2.15. The molecule has 0 saturated carbocycles. The summed E-state index contributed by atoms with van der Waals surface area (Å²) in [5, 5.41) is 0. The number of rotatable bonds is 7. The molecule has 3 atom stereocenters. The van der Waals surface area contributed by atoms with Gasteiger partial charge in [-0.2, -0.15) is 0 Å². The molecule has 0 bridgehead atoms. The standard InChI is InChI=1S/C10H22N2O/c1-3-4-5-13-8-10(11)7-12-6-9(12)2/h9-10H,3-8,11H2,1-2H3. The van der Waals surface area contributed by atoms with E-state index in [0.717, 1.165) is 25.6 Å². The van der Waals surface area contributed by atoms with Crippen LogP contribution in [-0.4, -0.2) is 43.3 Å². The number of nitrogens with two attached hydrogens (primary N) is 1. The molecule has 1 fully saturated rings.